The molecule has 0 bridgehead atoms. The first-order valence-electron chi connectivity index (χ1n) is 12.0. The number of ether oxygens (including phenoxy) is 1. The van der Waals surface area contributed by atoms with Crippen LogP contribution in [0.4, 0.5) is 4.79 Å². The van der Waals surface area contributed by atoms with Gasteiger partial charge in [-0.3, -0.25) is 9.69 Å². The average Bonchev–Trinajstić information content (AvgIpc) is 2.86. The van der Waals surface area contributed by atoms with Crippen LogP contribution in [0, 0.1) is 5.92 Å². The summed E-state index contributed by atoms with van der Waals surface area (Å²) in [5.74, 6) is 1.25. The number of carbonyl (C=O) groups is 2. The summed E-state index contributed by atoms with van der Waals surface area (Å²) in [4.78, 5) is 37.1. The fourth-order valence-corrected chi connectivity index (χ4v) is 4.49. The van der Waals surface area contributed by atoms with Gasteiger partial charge in [-0.1, -0.05) is 42.9 Å². The van der Waals surface area contributed by atoms with Crippen molar-refractivity contribution in [1.29, 1.82) is 0 Å². The molecule has 1 fully saturated rings. The zero-order valence-electron chi connectivity index (χ0n) is 21.3. The lowest BCUT2D eigenvalue weighted by Gasteiger charge is -2.37. The predicted octanol–water partition coefficient (Wildman–Crippen LogP) is 3.29. The molecule has 35 heavy (non-hydrogen) atoms. The first kappa shape index (κ1) is 28.6. The molecule has 1 aromatic carbocycles. The van der Waals surface area contributed by atoms with Gasteiger partial charge < -0.3 is 24.6 Å². The third kappa shape index (κ3) is 10.3. The second kappa shape index (κ2) is 15.4. The number of oxime groups is 1. The average molecular weight is 506 g/mol. The van der Waals surface area contributed by atoms with Crippen LogP contribution in [0.15, 0.2) is 34.4 Å². The van der Waals surface area contributed by atoms with Gasteiger partial charge in [-0.15, -0.1) is 0 Å². The highest BCUT2D eigenvalue weighted by molar-refractivity contribution is 8.14. The highest BCUT2D eigenvalue weighted by Crippen LogP contribution is 2.19. The molecule has 9 nitrogen and oxygen atoms in total. The Hall–Kier alpha value is -2.59. The highest BCUT2D eigenvalue weighted by atomic mass is 32.2. The number of aliphatic imine (C=N–C) groups is 1. The lowest BCUT2D eigenvalue weighted by atomic mass is 10.0. The fraction of sp³-hybridized carbons (Fsp3) is 0.600. The Kier molecular flexibility index (Phi) is 12.6. The quantitative estimate of drug-likeness (QED) is 0.202. The van der Waals surface area contributed by atoms with Crippen LogP contribution in [0.3, 0.4) is 0 Å². The zero-order chi connectivity index (χ0) is 25.6. The number of piperidine rings is 1. The van der Waals surface area contributed by atoms with Crippen molar-refractivity contribution in [2.45, 2.75) is 44.4 Å². The molecule has 1 saturated heterocycles. The molecule has 10 heteroatoms. The number of hydrogen-bond acceptors (Lipinski definition) is 8. The van der Waals surface area contributed by atoms with Crippen molar-refractivity contribution in [3.8, 4) is 5.75 Å². The summed E-state index contributed by atoms with van der Waals surface area (Å²) < 4.78 is 5.93. The van der Waals surface area contributed by atoms with E-state index in [1.165, 1.54) is 0 Å². The molecule has 1 unspecified atom stereocenters. The largest absolute Gasteiger partial charge is 0.492 e. The summed E-state index contributed by atoms with van der Waals surface area (Å²) >= 11 is 1.00. The van der Waals surface area contributed by atoms with E-state index in [0.29, 0.717) is 37.6 Å². The maximum absolute atomic E-state index is 11.5. The molecule has 1 heterocycles. The first-order chi connectivity index (χ1) is 16.9. The molecule has 1 N–H and O–H groups in total. The molecule has 0 aromatic heterocycles. The molecule has 0 spiro atoms. The number of aldehydes is 1. The van der Waals surface area contributed by atoms with Crippen molar-refractivity contribution in [3.63, 3.8) is 0 Å². The van der Waals surface area contributed by atoms with Gasteiger partial charge in [0.2, 0.25) is 0 Å². The van der Waals surface area contributed by atoms with E-state index in [1.54, 1.807) is 7.05 Å². The minimum absolute atomic E-state index is 0.210. The first-order valence-corrected chi connectivity index (χ1v) is 12.9. The number of thioether (sulfide) groups is 1. The summed E-state index contributed by atoms with van der Waals surface area (Å²) in [6.45, 7) is 11.5. The minimum Gasteiger partial charge on any atom is -0.492 e. The van der Waals surface area contributed by atoms with Crippen molar-refractivity contribution in [2.24, 2.45) is 16.1 Å². The van der Waals surface area contributed by atoms with Crippen LogP contribution in [-0.4, -0.2) is 92.2 Å². The summed E-state index contributed by atoms with van der Waals surface area (Å²) in [6.07, 6.45) is 3.34. The van der Waals surface area contributed by atoms with E-state index in [1.807, 2.05) is 24.3 Å². The maximum atomic E-state index is 11.5. The summed E-state index contributed by atoms with van der Waals surface area (Å²) in [5.41, 5.74) is 0.988. The zero-order valence-corrected chi connectivity index (χ0v) is 22.1. The van der Waals surface area contributed by atoms with E-state index in [0.717, 1.165) is 61.8 Å². The van der Waals surface area contributed by atoms with Gasteiger partial charge in [-0.05, 0) is 49.9 Å². The van der Waals surface area contributed by atoms with E-state index in [2.05, 4.69) is 52.9 Å². The van der Waals surface area contributed by atoms with Gasteiger partial charge in [0.15, 0.2) is 0 Å². The Bertz CT molecular complexity index is 826. The molecule has 1 atom stereocenters. The van der Waals surface area contributed by atoms with E-state index in [9.17, 15) is 9.59 Å². The summed E-state index contributed by atoms with van der Waals surface area (Å²) in [5, 5.41) is 5.48. The van der Waals surface area contributed by atoms with Crippen LogP contribution in [0.1, 0.15) is 32.3 Å². The van der Waals surface area contributed by atoms with Gasteiger partial charge in [0, 0.05) is 46.0 Å². The van der Waals surface area contributed by atoms with Crippen LogP contribution < -0.4 is 10.1 Å². The van der Waals surface area contributed by atoms with Crippen molar-refractivity contribution in [2.75, 3.05) is 46.9 Å². The van der Waals surface area contributed by atoms with Crippen LogP contribution in [0.5, 0.6) is 5.75 Å². The van der Waals surface area contributed by atoms with Crippen molar-refractivity contribution in [3.05, 3.63) is 29.8 Å². The summed E-state index contributed by atoms with van der Waals surface area (Å²) in [6, 6.07) is 8.73. The number of benzene rings is 1. The molecular weight excluding hydrogens is 466 g/mol. The van der Waals surface area contributed by atoms with Crippen LogP contribution in [0.2, 0.25) is 0 Å². The molecule has 1 aliphatic rings. The number of likely N-dealkylation sites (tertiary alicyclic amines) is 1. The van der Waals surface area contributed by atoms with Gasteiger partial charge >= 0.3 is 6.02 Å². The number of rotatable bonds is 12. The molecule has 194 valence electrons. The number of nitrogens with zero attached hydrogens (tertiary/aromatic N) is 4. The van der Waals surface area contributed by atoms with E-state index >= 15 is 0 Å². The summed E-state index contributed by atoms with van der Waals surface area (Å²) in [7, 11) is 3.69. The molecular formula is C25H39N5O4S. The fourth-order valence-electron chi connectivity index (χ4n) is 3.76. The molecule has 1 amide bonds. The number of amidine groups is 1. The Labute approximate surface area is 213 Å². The smallest absolute Gasteiger partial charge is 0.317 e. The molecule has 2 rings (SSSR count). The number of nitrogens with one attached hydrogen (secondary N) is 1. The van der Waals surface area contributed by atoms with E-state index in [-0.39, 0.29) is 5.24 Å². The van der Waals surface area contributed by atoms with Gasteiger partial charge in [0.1, 0.15) is 18.6 Å². The minimum atomic E-state index is -0.404. The van der Waals surface area contributed by atoms with Crippen molar-refractivity contribution in [1.82, 2.24) is 15.1 Å². The monoisotopic (exact) mass is 505 g/mol. The highest BCUT2D eigenvalue weighted by Gasteiger charge is 2.25. The second-order valence-electron chi connectivity index (χ2n) is 8.96. The Morgan fingerprint density at radius 3 is 2.57 bits per heavy atom. The van der Waals surface area contributed by atoms with Crippen LogP contribution >= 0.6 is 11.8 Å². The standard InChI is InChI=1S/C25H39N5O4S/c1-19(2)17-28-24(34-27-4)30-12-10-21(11-13-30)29(5)14-15-33-22-8-6-20(7-9-22)16-23(18-31)35-25(32)26-3/h6-9,18-19,21,23H,4,10-17H2,1-3,5H3,(H,26,32). The predicted molar refractivity (Wildman–Crippen MR) is 143 cm³/mol. The second-order valence-corrected chi connectivity index (χ2v) is 10.2. The van der Waals surface area contributed by atoms with Gasteiger partial charge in [0.05, 0.1) is 5.25 Å². The molecule has 0 aliphatic carbocycles. The Balaban J connectivity index is 1.74. The van der Waals surface area contributed by atoms with E-state index < -0.39 is 5.25 Å². The molecule has 1 aromatic rings. The number of amides is 1. The lowest BCUT2D eigenvalue weighted by molar-refractivity contribution is -0.107. The Morgan fingerprint density at radius 1 is 1.31 bits per heavy atom. The van der Waals surface area contributed by atoms with Gasteiger partial charge in [-0.2, -0.15) is 0 Å². The number of carbonyl (C=O) groups excluding carboxylic acids is 2. The van der Waals surface area contributed by atoms with Crippen LogP contribution in [-0.2, 0) is 16.1 Å². The normalized spacial score (nSPS) is 15.7. The molecule has 1 aliphatic heterocycles. The third-order valence-electron chi connectivity index (χ3n) is 5.78. The number of likely N-dealkylation sites (N-methyl/N-ethyl adjacent to an activating group) is 1. The Morgan fingerprint density at radius 2 is 2.00 bits per heavy atom. The SMILES string of the molecule is C=NOC(=NCC(C)C)N1CCC(N(C)CCOc2ccc(CC(C=O)SC(=O)NC)cc2)CC1. The maximum Gasteiger partial charge on any atom is 0.317 e. The van der Waals surface area contributed by atoms with Gasteiger partial charge in [-0.25, -0.2) is 4.99 Å². The van der Waals surface area contributed by atoms with Crippen LogP contribution in [0.25, 0.3) is 0 Å². The van der Waals surface area contributed by atoms with Gasteiger partial charge in [0.25, 0.3) is 5.24 Å². The third-order valence-corrected chi connectivity index (χ3v) is 6.78. The molecule has 0 saturated carbocycles. The lowest BCUT2D eigenvalue weighted by Crippen LogP contribution is -2.46. The van der Waals surface area contributed by atoms with E-state index in [4.69, 9.17) is 9.57 Å². The molecule has 0 radical (unpaired) electrons. The topological polar surface area (TPSA) is 95.8 Å². The number of hydrogen-bond donors (Lipinski definition) is 1. The van der Waals surface area contributed by atoms with Crippen molar-refractivity contribution >= 4 is 36.0 Å². The van der Waals surface area contributed by atoms with Crippen molar-refractivity contribution < 1.29 is 19.2 Å².